The maximum Gasteiger partial charge on any atom is 0.409 e. The Morgan fingerprint density at radius 1 is 1.43 bits per heavy atom. The lowest BCUT2D eigenvalue weighted by atomic mass is 9.83. The molecule has 0 N–H and O–H groups in total. The molecule has 1 amide bonds. The second-order valence-corrected chi connectivity index (χ2v) is 4.29. The summed E-state index contributed by atoms with van der Waals surface area (Å²) < 4.78 is 4.74. The van der Waals surface area contributed by atoms with Crippen LogP contribution in [0.1, 0.15) is 12.8 Å². The van der Waals surface area contributed by atoms with Gasteiger partial charge >= 0.3 is 6.09 Å². The summed E-state index contributed by atoms with van der Waals surface area (Å²) >= 11 is 0. The van der Waals surface area contributed by atoms with Crippen LogP contribution in [0.4, 0.5) is 4.79 Å². The largest absolute Gasteiger partial charge is 0.453 e. The number of hydrogen-bond acceptors (Lipinski definition) is 3. The quantitative estimate of drug-likeness (QED) is 0.624. The highest BCUT2D eigenvalue weighted by Gasteiger charge is 2.37. The molecule has 1 unspecified atom stereocenters. The minimum absolute atomic E-state index is 0.205. The number of amides is 1. The van der Waals surface area contributed by atoms with Crippen LogP contribution >= 0.6 is 0 Å². The highest BCUT2D eigenvalue weighted by molar-refractivity contribution is 5.67. The third-order valence-electron chi connectivity index (χ3n) is 3.58. The molecule has 1 atom stereocenters. The Labute approximate surface area is 84.8 Å². The average Bonchev–Trinajstić information content (AvgIpc) is 2.28. The zero-order valence-electron chi connectivity index (χ0n) is 8.90. The van der Waals surface area contributed by atoms with E-state index in [-0.39, 0.29) is 6.09 Å². The third-order valence-corrected chi connectivity index (χ3v) is 3.58. The van der Waals surface area contributed by atoms with Crippen LogP contribution in [0.3, 0.4) is 0 Å². The number of carbonyl (C=O) groups excluding carboxylic acids is 1. The Hall–Kier alpha value is -0.770. The van der Waals surface area contributed by atoms with E-state index in [1.807, 2.05) is 7.05 Å². The van der Waals surface area contributed by atoms with Crippen LogP contribution in [0, 0.1) is 5.92 Å². The van der Waals surface area contributed by atoms with Crippen LogP contribution in [-0.4, -0.2) is 55.7 Å². The number of rotatable bonds is 1. The van der Waals surface area contributed by atoms with Gasteiger partial charge in [0, 0.05) is 13.6 Å². The van der Waals surface area contributed by atoms with E-state index in [0.717, 1.165) is 6.54 Å². The molecule has 3 fully saturated rings. The Morgan fingerprint density at radius 3 is 2.50 bits per heavy atom. The van der Waals surface area contributed by atoms with Gasteiger partial charge in [-0.1, -0.05) is 0 Å². The fourth-order valence-electron chi connectivity index (χ4n) is 2.65. The normalized spacial score (nSPS) is 35.4. The second kappa shape index (κ2) is 3.77. The van der Waals surface area contributed by atoms with Crippen molar-refractivity contribution in [2.45, 2.75) is 18.9 Å². The zero-order valence-corrected chi connectivity index (χ0v) is 8.90. The lowest BCUT2D eigenvalue weighted by Gasteiger charge is -2.47. The van der Waals surface area contributed by atoms with Crippen LogP contribution in [-0.2, 0) is 4.74 Å². The van der Waals surface area contributed by atoms with Gasteiger partial charge in [0.25, 0.3) is 0 Å². The first-order valence-electron chi connectivity index (χ1n) is 5.25. The molecular formula is C10H18N2O2. The highest BCUT2D eigenvalue weighted by atomic mass is 16.5. The van der Waals surface area contributed by atoms with Gasteiger partial charge in [0.05, 0.1) is 13.2 Å². The number of nitrogens with zero attached hydrogens (tertiary/aromatic N) is 2. The summed E-state index contributed by atoms with van der Waals surface area (Å²) in [5.74, 6) is 0.684. The molecule has 0 radical (unpaired) electrons. The van der Waals surface area contributed by atoms with Gasteiger partial charge in [-0.3, -0.25) is 0 Å². The molecule has 0 saturated carbocycles. The van der Waals surface area contributed by atoms with Crippen molar-refractivity contribution in [3.63, 3.8) is 0 Å². The maximum absolute atomic E-state index is 11.4. The van der Waals surface area contributed by atoms with Gasteiger partial charge in [-0.25, -0.2) is 4.79 Å². The summed E-state index contributed by atoms with van der Waals surface area (Å²) in [6.45, 7) is 3.43. The minimum Gasteiger partial charge on any atom is -0.453 e. The number of piperidine rings is 3. The van der Waals surface area contributed by atoms with Crippen LogP contribution in [0.5, 0.6) is 0 Å². The minimum atomic E-state index is -0.205. The number of methoxy groups -OCH3 is 1. The number of hydrogen-bond donors (Lipinski definition) is 0. The summed E-state index contributed by atoms with van der Waals surface area (Å²) in [6, 6.07) is 0.366. The molecule has 14 heavy (non-hydrogen) atoms. The fraction of sp³-hybridized carbons (Fsp3) is 0.900. The van der Waals surface area contributed by atoms with E-state index in [1.54, 1.807) is 4.90 Å². The molecule has 0 spiro atoms. The van der Waals surface area contributed by atoms with Gasteiger partial charge in [0.15, 0.2) is 0 Å². The molecule has 0 aromatic heterocycles. The van der Waals surface area contributed by atoms with E-state index in [0.29, 0.717) is 12.0 Å². The summed E-state index contributed by atoms with van der Waals surface area (Å²) in [4.78, 5) is 15.6. The Morgan fingerprint density at radius 2 is 2.07 bits per heavy atom. The Kier molecular flexibility index (Phi) is 2.63. The first-order valence-corrected chi connectivity index (χ1v) is 5.25. The summed E-state index contributed by atoms with van der Waals surface area (Å²) in [5.41, 5.74) is 0. The molecule has 3 aliphatic rings. The molecule has 4 nitrogen and oxygen atoms in total. The van der Waals surface area contributed by atoms with Crippen LogP contribution in [0.25, 0.3) is 0 Å². The maximum atomic E-state index is 11.4. The van der Waals surface area contributed by atoms with Crippen molar-refractivity contribution < 1.29 is 9.53 Å². The predicted octanol–water partition coefficient (Wildman–Crippen LogP) is 0.779. The van der Waals surface area contributed by atoms with Crippen LogP contribution in [0.15, 0.2) is 0 Å². The number of ether oxygens (including phenoxy) is 1. The molecule has 0 aromatic rings. The van der Waals surface area contributed by atoms with E-state index in [1.165, 1.54) is 33.0 Å². The SMILES string of the molecule is COC(=O)N(C)C1CN2CCC1CC2. The Bertz CT molecular complexity index is 224. The van der Waals surface area contributed by atoms with Gasteiger partial charge in [0.1, 0.15) is 0 Å². The number of likely N-dealkylation sites (N-methyl/N-ethyl adjacent to an activating group) is 1. The van der Waals surface area contributed by atoms with Crippen molar-refractivity contribution in [2.24, 2.45) is 5.92 Å². The summed E-state index contributed by atoms with van der Waals surface area (Å²) in [5, 5.41) is 0. The van der Waals surface area contributed by atoms with Gasteiger partial charge in [-0.05, 0) is 31.8 Å². The van der Waals surface area contributed by atoms with E-state index in [4.69, 9.17) is 4.74 Å². The number of fused-ring (bicyclic) bond motifs is 3. The zero-order chi connectivity index (χ0) is 10.1. The molecule has 2 bridgehead atoms. The molecule has 80 valence electrons. The van der Waals surface area contributed by atoms with Gasteiger partial charge in [-0.15, -0.1) is 0 Å². The lowest BCUT2D eigenvalue weighted by molar-refractivity contribution is 0.0162. The second-order valence-electron chi connectivity index (χ2n) is 4.29. The molecule has 3 rings (SSSR count). The molecule has 3 heterocycles. The Balaban J connectivity index is 2.01. The lowest BCUT2D eigenvalue weighted by Crippen LogP contribution is -2.57. The van der Waals surface area contributed by atoms with Gasteiger partial charge in [0.2, 0.25) is 0 Å². The van der Waals surface area contributed by atoms with E-state index in [9.17, 15) is 4.79 Å². The average molecular weight is 198 g/mol. The smallest absolute Gasteiger partial charge is 0.409 e. The van der Waals surface area contributed by atoms with Crippen LogP contribution in [0.2, 0.25) is 0 Å². The first kappa shape index (κ1) is 9.77. The topological polar surface area (TPSA) is 32.8 Å². The molecule has 4 heteroatoms. The summed E-state index contributed by atoms with van der Waals surface area (Å²) in [6.07, 6.45) is 2.25. The molecule has 0 aliphatic carbocycles. The van der Waals surface area contributed by atoms with Crippen molar-refractivity contribution in [1.29, 1.82) is 0 Å². The van der Waals surface area contributed by atoms with Crippen molar-refractivity contribution in [1.82, 2.24) is 9.80 Å². The number of carbonyl (C=O) groups is 1. The predicted molar refractivity (Wildman–Crippen MR) is 53.1 cm³/mol. The third kappa shape index (κ3) is 1.59. The molecule has 0 aromatic carbocycles. The highest BCUT2D eigenvalue weighted by Crippen LogP contribution is 2.30. The van der Waals surface area contributed by atoms with Crippen molar-refractivity contribution >= 4 is 6.09 Å². The first-order chi connectivity index (χ1) is 6.72. The van der Waals surface area contributed by atoms with Crippen molar-refractivity contribution in [2.75, 3.05) is 33.8 Å². The van der Waals surface area contributed by atoms with Crippen LogP contribution < -0.4 is 0 Å². The monoisotopic (exact) mass is 198 g/mol. The molecule has 3 aliphatic heterocycles. The van der Waals surface area contributed by atoms with Crippen molar-refractivity contribution in [3.8, 4) is 0 Å². The van der Waals surface area contributed by atoms with Gasteiger partial charge < -0.3 is 14.5 Å². The fourth-order valence-corrected chi connectivity index (χ4v) is 2.65. The van der Waals surface area contributed by atoms with Crippen molar-refractivity contribution in [3.05, 3.63) is 0 Å². The van der Waals surface area contributed by atoms with E-state index >= 15 is 0 Å². The molecular weight excluding hydrogens is 180 g/mol. The van der Waals surface area contributed by atoms with E-state index in [2.05, 4.69) is 4.90 Å². The summed E-state index contributed by atoms with van der Waals surface area (Å²) in [7, 11) is 3.29. The standard InChI is InChI=1S/C10H18N2O2/c1-11(10(13)14-2)9-7-12-5-3-8(9)4-6-12/h8-9H,3-7H2,1-2H3. The van der Waals surface area contributed by atoms with E-state index < -0.39 is 0 Å². The molecule has 3 saturated heterocycles. The van der Waals surface area contributed by atoms with Gasteiger partial charge in [-0.2, -0.15) is 0 Å².